The number of hydrogen-bond donors (Lipinski definition) is 2. The van der Waals surface area contributed by atoms with E-state index >= 15 is 0 Å². The van der Waals surface area contributed by atoms with Gasteiger partial charge in [0.05, 0.1) is 41.8 Å². The van der Waals surface area contributed by atoms with E-state index < -0.39 is 73.3 Å². The lowest BCUT2D eigenvalue weighted by molar-refractivity contribution is -0.152. The molecule has 1 unspecified atom stereocenters. The molecule has 0 fully saturated rings. The second-order valence-electron chi connectivity index (χ2n) is 19.9. The normalized spacial score (nSPS) is 12.8. The van der Waals surface area contributed by atoms with Crippen LogP contribution in [0.15, 0.2) is 164 Å². The van der Waals surface area contributed by atoms with Gasteiger partial charge in [-0.05, 0) is 72.4 Å². The van der Waals surface area contributed by atoms with Crippen LogP contribution >= 0.6 is 19.2 Å². The third kappa shape index (κ3) is 24.5. The maximum Gasteiger partial charge on any atom is 0.331 e. The number of halogens is 2. The van der Waals surface area contributed by atoms with E-state index in [1.165, 1.54) is 6.07 Å². The Balaban J connectivity index is 1.09. The van der Waals surface area contributed by atoms with E-state index in [0.717, 1.165) is 17.3 Å². The van der Waals surface area contributed by atoms with Crippen molar-refractivity contribution in [3.63, 3.8) is 0 Å². The molecule has 84 heavy (non-hydrogen) atoms. The molecule has 1 aromatic heterocycles. The zero-order valence-corrected chi connectivity index (χ0v) is 48.3. The highest BCUT2D eigenvalue weighted by atomic mass is 35.5. The van der Waals surface area contributed by atoms with Gasteiger partial charge in [-0.15, -0.1) is 0 Å². The number of nitrogens with zero attached hydrogens (tertiary/aromatic N) is 1. The Morgan fingerprint density at radius 1 is 0.536 bits per heavy atom. The minimum Gasteiger partial charge on any atom is -0.461 e. The van der Waals surface area contributed by atoms with E-state index in [0.29, 0.717) is 36.0 Å². The van der Waals surface area contributed by atoms with Gasteiger partial charge >= 0.3 is 31.5 Å². The lowest BCUT2D eigenvalue weighted by atomic mass is 9.94. The van der Waals surface area contributed by atoms with Gasteiger partial charge in [-0.25, -0.2) is 9.78 Å². The molecular formula is C64H70ClFN3O14P. The number of ketones is 1. The zero-order chi connectivity index (χ0) is 59.8. The molecule has 1 heterocycles. The van der Waals surface area contributed by atoms with Gasteiger partial charge in [0, 0.05) is 38.4 Å². The van der Waals surface area contributed by atoms with Gasteiger partial charge in [-0.1, -0.05) is 170 Å². The molecule has 444 valence electrons. The summed E-state index contributed by atoms with van der Waals surface area (Å²) in [5, 5.41) is 5.17. The number of carbonyl (C=O) groups excluding carboxylic acids is 7. The Bertz CT molecular complexity index is 3080. The molecule has 20 heteroatoms. The van der Waals surface area contributed by atoms with Gasteiger partial charge in [0.2, 0.25) is 11.9 Å². The topological polar surface area (TPSA) is 229 Å². The molecule has 0 saturated carbocycles. The first-order valence-electron chi connectivity index (χ1n) is 27.9. The summed E-state index contributed by atoms with van der Waals surface area (Å²) in [7, 11) is -4.23. The van der Waals surface area contributed by atoms with Gasteiger partial charge in [0.1, 0.15) is 38.3 Å². The summed E-state index contributed by atoms with van der Waals surface area (Å²) in [5.41, 5.74) is 3.66. The van der Waals surface area contributed by atoms with E-state index in [9.17, 15) is 42.5 Å². The minimum absolute atomic E-state index is 0.0177. The standard InChI is InChI=1S/C64H70ClFN3O14P/c65-56-39-54(40-68-60(56)66)61(73)67-36-18-6-17-30-55(70)38-52(62(74)79-42-48-22-9-2-10-23-48)32-34-58(71)69-57(64(76)81-44-50-26-13-4-14-27-50)31-19-37-82-84(77,83-45-51-28-15-5-16-29-51)46-53(63(75)80-43-49-24-11-3-12-25-49)33-35-59(72)78-41-47-20-7-1-8-21-47/h1-5,7-16,20-29,39-40,52-53,57H,6,17-19,30-38,41-46H2,(H,67,73)(H,69,71)/t52-,53-,57+,84?/m1/s1. The van der Waals surface area contributed by atoms with Crippen LogP contribution in [-0.2, 0) is 94.4 Å². The Labute approximate surface area is 493 Å². The lowest BCUT2D eigenvalue weighted by Gasteiger charge is -2.24. The number of esters is 4. The van der Waals surface area contributed by atoms with Crippen LogP contribution in [0.5, 0.6) is 0 Å². The summed E-state index contributed by atoms with van der Waals surface area (Å²) in [6, 6.07) is 44.8. The first kappa shape index (κ1) is 65.3. The van der Waals surface area contributed by atoms with Gasteiger partial charge in [0.15, 0.2) is 0 Å². The highest BCUT2D eigenvalue weighted by molar-refractivity contribution is 7.53. The van der Waals surface area contributed by atoms with E-state index in [4.69, 9.17) is 39.6 Å². The van der Waals surface area contributed by atoms with Gasteiger partial charge in [0.25, 0.3) is 5.91 Å². The molecule has 17 nitrogen and oxygen atoms in total. The fraction of sp³-hybridized carbons (Fsp3) is 0.344. The SMILES string of the molecule is O=C(CCCCCNC(=O)c1cnc(F)c(Cl)c1)C[C@@H](CCC(=O)N[C@@H](CCCOP(=O)(C[C@@H](CCC(=O)OCc1ccccc1)C(=O)OCc1ccccc1)OCc1ccccc1)C(=O)OCc1ccccc1)C(=O)OCc1ccccc1. The number of amides is 2. The van der Waals surface area contributed by atoms with Crippen molar-refractivity contribution >= 4 is 60.7 Å². The van der Waals surface area contributed by atoms with Crippen LogP contribution in [0, 0.1) is 17.8 Å². The van der Waals surface area contributed by atoms with Crippen molar-refractivity contribution < 1.29 is 70.5 Å². The monoisotopic (exact) mass is 1190 g/mol. The van der Waals surface area contributed by atoms with Crippen LogP contribution in [0.1, 0.15) is 109 Å². The number of unbranched alkanes of at least 4 members (excludes halogenated alkanes) is 2. The van der Waals surface area contributed by atoms with Crippen molar-refractivity contribution in [2.24, 2.45) is 11.8 Å². The lowest BCUT2D eigenvalue weighted by Crippen LogP contribution is -2.42. The quantitative estimate of drug-likeness (QED) is 0.0121. The van der Waals surface area contributed by atoms with Crippen molar-refractivity contribution in [1.29, 1.82) is 0 Å². The van der Waals surface area contributed by atoms with Crippen molar-refractivity contribution in [3.05, 3.63) is 208 Å². The van der Waals surface area contributed by atoms with E-state index in [1.807, 2.05) is 54.6 Å². The molecule has 2 N–H and O–H groups in total. The van der Waals surface area contributed by atoms with Crippen LogP contribution < -0.4 is 10.6 Å². The molecule has 6 rings (SSSR count). The maximum atomic E-state index is 14.9. The number of carbonyl (C=O) groups is 7. The van der Waals surface area contributed by atoms with Gasteiger partial charge in [-0.2, -0.15) is 4.39 Å². The second-order valence-corrected chi connectivity index (χ2v) is 22.4. The largest absolute Gasteiger partial charge is 0.461 e. The number of Topliss-reactive ketones (excluding diaryl/α,β-unsaturated/α-hetero) is 1. The fourth-order valence-corrected chi connectivity index (χ4v) is 10.6. The van der Waals surface area contributed by atoms with Crippen molar-refractivity contribution in [3.8, 4) is 0 Å². The zero-order valence-electron chi connectivity index (χ0n) is 46.6. The van der Waals surface area contributed by atoms with Crippen LogP contribution in [-0.4, -0.2) is 71.8 Å². The van der Waals surface area contributed by atoms with Crippen LogP contribution in [0.4, 0.5) is 4.39 Å². The van der Waals surface area contributed by atoms with Gasteiger partial charge < -0.3 is 38.6 Å². The van der Waals surface area contributed by atoms with Gasteiger partial charge in [-0.3, -0.25) is 33.3 Å². The molecule has 0 aliphatic rings. The van der Waals surface area contributed by atoms with E-state index in [2.05, 4.69) is 15.6 Å². The summed E-state index contributed by atoms with van der Waals surface area (Å²) in [6.07, 6.45) is 1.29. The summed E-state index contributed by atoms with van der Waals surface area (Å²) < 4.78 is 63.0. The number of aromatic nitrogens is 1. The Morgan fingerprint density at radius 2 is 1.02 bits per heavy atom. The molecule has 0 saturated heterocycles. The molecule has 0 bridgehead atoms. The summed E-state index contributed by atoms with van der Waals surface area (Å²) in [5.74, 6) is -7.15. The van der Waals surface area contributed by atoms with E-state index in [1.54, 1.807) is 97.1 Å². The Hall–Kier alpha value is -7.89. The third-order valence-electron chi connectivity index (χ3n) is 13.2. The number of pyridine rings is 1. The van der Waals surface area contributed by atoms with E-state index in [-0.39, 0.29) is 114 Å². The molecule has 5 aromatic carbocycles. The Morgan fingerprint density at radius 3 is 1.56 bits per heavy atom. The van der Waals surface area contributed by atoms with Crippen LogP contribution in [0.2, 0.25) is 5.02 Å². The summed E-state index contributed by atoms with van der Waals surface area (Å²) in [6.45, 7) is -0.396. The van der Waals surface area contributed by atoms with Crippen LogP contribution in [0.3, 0.4) is 0 Å². The summed E-state index contributed by atoms with van der Waals surface area (Å²) >= 11 is 5.75. The molecular weight excluding hydrogens is 1120 g/mol. The molecule has 0 aliphatic heterocycles. The third-order valence-corrected chi connectivity index (χ3v) is 15.5. The molecule has 6 aromatic rings. The fourth-order valence-electron chi connectivity index (χ4n) is 8.53. The maximum absolute atomic E-state index is 14.9. The predicted molar refractivity (Wildman–Crippen MR) is 311 cm³/mol. The number of hydrogen-bond acceptors (Lipinski definition) is 15. The van der Waals surface area contributed by atoms with Crippen molar-refractivity contribution in [2.75, 3.05) is 19.3 Å². The smallest absolute Gasteiger partial charge is 0.331 e. The molecule has 2 amide bonds. The highest BCUT2D eigenvalue weighted by Gasteiger charge is 2.35. The summed E-state index contributed by atoms with van der Waals surface area (Å²) in [4.78, 5) is 97.5. The molecule has 0 radical (unpaired) electrons. The number of rotatable bonds is 37. The first-order chi connectivity index (χ1) is 40.7. The molecule has 0 aliphatic carbocycles. The van der Waals surface area contributed by atoms with Crippen molar-refractivity contribution in [1.82, 2.24) is 15.6 Å². The Kier molecular flexibility index (Phi) is 27.9. The molecule has 0 spiro atoms. The second kappa shape index (κ2) is 36.0. The number of ether oxygens (including phenoxy) is 4. The number of nitrogens with one attached hydrogen (secondary N) is 2. The highest BCUT2D eigenvalue weighted by Crippen LogP contribution is 2.51. The first-order valence-corrected chi connectivity index (χ1v) is 30.0. The minimum atomic E-state index is -4.23. The number of benzene rings is 5. The average molecular weight is 1190 g/mol. The van der Waals surface area contributed by atoms with Crippen LogP contribution in [0.25, 0.3) is 0 Å². The van der Waals surface area contributed by atoms with Crippen molar-refractivity contribution in [2.45, 2.75) is 110 Å². The average Bonchev–Trinajstić information content (AvgIpc) is 3.67. The predicted octanol–water partition coefficient (Wildman–Crippen LogP) is 11.6. The molecule has 4 atom stereocenters.